The van der Waals surface area contributed by atoms with Crippen molar-refractivity contribution in [2.75, 3.05) is 0 Å². The molecule has 4 atom stereocenters. The molecule has 1 aromatic rings. The third-order valence-electron chi connectivity index (χ3n) is 4.06. The van der Waals surface area contributed by atoms with E-state index in [1.54, 1.807) is 0 Å². The second-order valence-corrected chi connectivity index (χ2v) is 6.25. The number of hydrogen-bond donors (Lipinski definition) is 2. The Morgan fingerprint density at radius 1 is 1.43 bits per heavy atom. The second-order valence-electron chi connectivity index (χ2n) is 5.81. The van der Waals surface area contributed by atoms with E-state index < -0.39 is 6.04 Å². The molecular weight excluding hydrogens is 307 g/mol. The lowest BCUT2D eigenvalue weighted by molar-refractivity contribution is -0.123. The standard InChI is InChI=1S/C16H23ClN2O.ClH/c1-3-4-14(18)16(20)19-15(13-9-10(13)2)11-5-7-12(17)8-6-11;/h5-8,10,13-15H,3-4,9,18H2,1-2H3,(H,19,20);1H. The molecule has 1 aliphatic rings. The third-order valence-corrected chi connectivity index (χ3v) is 4.32. The fourth-order valence-corrected chi connectivity index (χ4v) is 2.75. The number of amides is 1. The first kappa shape index (κ1) is 18.3. The second kappa shape index (κ2) is 8.02. The first-order chi connectivity index (χ1) is 9.52. The molecule has 2 rings (SSSR count). The maximum atomic E-state index is 12.2. The Labute approximate surface area is 138 Å². The molecule has 1 amide bonds. The summed E-state index contributed by atoms with van der Waals surface area (Å²) in [4.78, 5) is 12.2. The van der Waals surface area contributed by atoms with E-state index >= 15 is 0 Å². The van der Waals surface area contributed by atoms with Crippen LogP contribution in [-0.2, 0) is 4.79 Å². The molecule has 4 unspecified atom stereocenters. The highest BCUT2D eigenvalue weighted by Gasteiger charge is 2.41. The SMILES string of the molecule is CCCC(N)C(=O)NC(c1ccc(Cl)cc1)C1CC1C.Cl. The van der Waals surface area contributed by atoms with Crippen molar-refractivity contribution in [2.45, 2.75) is 45.2 Å². The third kappa shape index (κ3) is 4.87. The summed E-state index contributed by atoms with van der Waals surface area (Å²) in [6, 6.07) is 7.36. The largest absolute Gasteiger partial charge is 0.348 e. The summed E-state index contributed by atoms with van der Waals surface area (Å²) < 4.78 is 0. The zero-order valence-corrected chi connectivity index (χ0v) is 14.1. The molecule has 0 bridgehead atoms. The number of carbonyl (C=O) groups is 1. The van der Waals surface area contributed by atoms with Gasteiger partial charge in [0.05, 0.1) is 12.1 Å². The molecule has 0 aromatic heterocycles. The van der Waals surface area contributed by atoms with Crippen LogP contribution < -0.4 is 11.1 Å². The van der Waals surface area contributed by atoms with Gasteiger partial charge < -0.3 is 11.1 Å². The normalized spacial score (nSPS) is 22.9. The van der Waals surface area contributed by atoms with E-state index in [2.05, 4.69) is 12.2 Å². The molecule has 1 saturated carbocycles. The summed E-state index contributed by atoms with van der Waals surface area (Å²) in [5, 5.41) is 3.84. The van der Waals surface area contributed by atoms with Gasteiger partial charge in [-0.2, -0.15) is 0 Å². The summed E-state index contributed by atoms with van der Waals surface area (Å²) >= 11 is 5.93. The van der Waals surface area contributed by atoms with E-state index in [9.17, 15) is 4.79 Å². The van der Waals surface area contributed by atoms with Crippen LogP contribution in [0, 0.1) is 11.8 Å². The molecule has 118 valence electrons. The Morgan fingerprint density at radius 3 is 2.48 bits per heavy atom. The van der Waals surface area contributed by atoms with Gasteiger partial charge in [-0.05, 0) is 42.4 Å². The van der Waals surface area contributed by atoms with Crippen LogP contribution in [0.2, 0.25) is 5.02 Å². The van der Waals surface area contributed by atoms with Crippen molar-refractivity contribution in [3.8, 4) is 0 Å². The van der Waals surface area contributed by atoms with Crippen LogP contribution >= 0.6 is 24.0 Å². The maximum Gasteiger partial charge on any atom is 0.237 e. The summed E-state index contributed by atoms with van der Waals surface area (Å²) in [6.07, 6.45) is 2.79. The van der Waals surface area contributed by atoms with Crippen molar-refractivity contribution in [3.63, 3.8) is 0 Å². The van der Waals surface area contributed by atoms with E-state index in [-0.39, 0.29) is 24.4 Å². The molecule has 21 heavy (non-hydrogen) atoms. The molecule has 3 nitrogen and oxygen atoms in total. The molecule has 0 aliphatic heterocycles. The number of halogens is 2. The highest BCUT2D eigenvalue weighted by atomic mass is 35.5. The first-order valence-corrected chi connectivity index (χ1v) is 7.72. The van der Waals surface area contributed by atoms with Gasteiger partial charge in [-0.1, -0.05) is 44.0 Å². The predicted octanol–water partition coefficient (Wildman–Crippen LogP) is 3.70. The molecule has 0 radical (unpaired) electrons. The number of nitrogens with one attached hydrogen (secondary N) is 1. The predicted molar refractivity (Wildman–Crippen MR) is 89.7 cm³/mol. The van der Waals surface area contributed by atoms with E-state index in [1.165, 1.54) is 0 Å². The van der Waals surface area contributed by atoms with E-state index in [0.717, 1.165) is 24.8 Å². The van der Waals surface area contributed by atoms with Gasteiger partial charge in [0.1, 0.15) is 0 Å². The van der Waals surface area contributed by atoms with Gasteiger partial charge in [-0.3, -0.25) is 4.79 Å². The molecular formula is C16H24Cl2N2O. The van der Waals surface area contributed by atoms with Gasteiger partial charge in [0.25, 0.3) is 0 Å². The van der Waals surface area contributed by atoms with Crippen molar-refractivity contribution in [3.05, 3.63) is 34.9 Å². The lowest BCUT2D eigenvalue weighted by Crippen LogP contribution is -2.42. The van der Waals surface area contributed by atoms with Crippen molar-refractivity contribution in [2.24, 2.45) is 17.6 Å². The average Bonchev–Trinajstić information content (AvgIpc) is 3.14. The Bertz CT molecular complexity index is 464. The first-order valence-electron chi connectivity index (χ1n) is 7.34. The minimum atomic E-state index is -0.413. The molecule has 1 aliphatic carbocycles. The van der Waals surface area contributed by atoms with Crippen LogP contribution in [0.5, 0.6) is 0 Å². The van der Waals surface area contributed by atoms with Crippen LogP contribution in [0.25, 0.3) is 0 Å². The summed E-state index contributed by atoms with van der Waals surface area (Å²) in [6.45, 7) is 4.25. The number of benzene rings is 1. The van der Waals surface area contributed by atoms with Gasteiger partial charge in [-0.15, -0.1) is 12.4 Å². The van der Waals surface area contributed by atoms with Crippen LogP contribution in [0.4, 0.5) is 0 Å². The quantitative estimate of drug-likeness (QED) is 0.835. The highest BCUT2D eigenvalue weighted by Crippen LogP contribution is 2.47. The van der Waals surface area contributed by atoms with Gasteiger partial charge >= 0.3 is 0 Å². The molecule has 1 aromatic carbocycles. The monoisotopic (exact) mass is 330 g/mol. The zero-order chi connectivity index (χ0) is 14.7. The fraction of sp³-hybridized carbons (Fsp3) is 0.562. The lowest BCUT2D eigenvalue weighted by atomic mass is 10.0. The van der Waals surface area contributed by atoms with Crippen molar-refractivity contribution in [1.29, 1.82) is 0 Å². The minimum Gasteiger partial charge on any atom is -0.348 e. The minimum absolute atomic E-state index is 0. The number of nitrogens with two attached hydrogens (primary N) is 1. The molecule has 0 heterocycles. The molecule has 0 saturated heterocycles. The topological polar surface area (TPSA) is 55.1 Å². The summed E-state index contributed by atoms with van der Waals surface area (Å²) in [5.41, 5.74) is 7.01. The smallest absolute Gasteiger partial charge is 0.237 e. The van der Waals surface area contributed by atoms with Crippen LogP contribution in [-0.4, -0.2) is 11.9 Å². The van der Waals surface area contributed by atoms with Crippen LogP contribution in [0.1, 0.15) is 44.7 Å². The lowest BCUT2D eigenvalue weighted by Gasteiger charge is -2.21. The molecule has 0 spiro atoms. The Balaban J connectivity index is 0.00000220. The van der Waals surface area contributed by atoms with Gasteiger partial charge in [0, 0.05) is 5.02 Å². The van der Waals surface area contributed by atoms with Gasteiger partial charge in [0.2, 0.25) is 5.91 Å². The van der Waals surface area contributed by atoms with Crippen molar-refractivity contribution >= 4 is 29.9 Å². The Kier molecular flexibility index (Phi) is 6.98. The number of hydrogen-bond acceptors (Lipinski definition) is 2. The number of carbonyl (C=O) groups excluding carboxylic acids is 1. The number of rotatable bonds is 6. The van der Waals surface area contributed by atoms with Crippen molar-refractivity contribution in [1.82, 2.24) is 5.32 Å². The fourth-order valence-electron chi connectivity index (χ4n) is 2.63. The van der Waals surface area contributed by atoms with Gasteiger partial charge in [0.15, 0.2) is 0 Å². The van der Waals surface area contributed by atoms with E-state index in [4.69, 9.17) is 17.3 Å². The van der Waals surface area contributed by atoms with Crippen LogP contribution in [0.3, 0.4) is 0 Å². The average molecular weight is 331 g/mol. The molecule has 5 heteroatoms. The molecule has 1 fully saturated rings. The highest BCUT2D eigenvalue weighted by molar-refractivity contribution is 6.30. The molecule has 3 N–H and O–H groups in total. The van der Waals surface area contributed by atoms with E-state index in [0.29, 0.717) is 16.9 Å². The maximum absolute atomic E-state index is 12.2. The van der Waals surface area contributed by atoms with Gasteiger partial charge in [-0.25, -0.2) is 0 Å². The van der Waals surface area contributed by atoms with Crippen molar-refractivity contribution < 1.29 is 4.79 Å². The van der Waals surface area contributed by atoms with Crippen LogP contribution in [0.15, 0.2) is 24.3 Å². The summed E-state index contributed by atoms with van der Waals surface area (Å²) in [5.74, 6) is 1.11. The zero-order valence-electron chi connectivity index (χ0n) is 12.5. The van der Waals surface area contributed by atoms with E-state index in [1.807, 2.05) is 31.2 Å². The summed E-state index contributed by atoms with van der Waals surface area (Å²) in [7, 11) is 0. The Hall–Kier alpha value is -0.770. The Morgan fingerprint density at radius 2 is 2.00 bits per heavy atom.